The van der Waals surface area contributed by atoms with Gasteiger partial charge in [-0.05, 0) is 25.3 Å². The maximum absolute atomic E-state index is 16.1. The first kappa shape index (κ1) is 19.3. The predicted octanol–water partition coefficient (Wildman–Crippen LogP) is 3.35. The lowest BCUT2D eigenvalue weighted by Gasteiger charge is -2.47. The van der Waals surface area contributed by atoms with E-state index < -0.39 is 5.82 Å². The van der Waals surface area contributed by atoms with Crippen molar-refractivity contribution in [3.05, 3.63) is 45.9 Å². The van der Waals surface area contributed by atoms with Crippen LogP contribution in [0.4, 0.5) is 10.2 Å². The van der Waals surface area contributed by atoms with Crippen LogP contribution in [0.1, 0.15) is 19.3 Å². The van der Waals surface area contributed by atoms with Gasteiger partial charge in [0.05, 0.1) is 27.0 Å². The second kappa shape index (κ2) is 6.68. The Labute approximate surface area is 192 Å². The first-order chi connectivity index (χ1) is 16.1. The highest BCUT2D eigenvalue weighted by atomic mass is 35.5. The van der Waals surface area contributed by atoms with E-state index in [0.717, 1.165) is 32.4 Å². The Bertz CT molecular complexity index is 1510. The Hall–Kier alpha value is -3.17. The molecule has 4 aliphatic rings. The van der Waals surface area contributed by atoms with E-state index in [1.54, 1.807) is 18.2 Å². The van der Waals surface area contributed by atoms with E-state index >= 15 is 4.39 Å². The summed E-state index contributed by atoms with van der Waals surface area (Å²) in [6, 6.07) is 5.58. The molecular formula is C23H20ClFN6O2. The molecule has 33 heavy (non-hydrogen) atoms. The Morgan fingerprint density at radius 2 is 2.18 bits per heavy atom. The molecule has 168 valence electrons. The smallest absolute Gasteiger partial charge is 0.323 e. The average Bonchev–Trinajstić information content (AvgIpc) is 2.94. The van der Waals surface area contributed by atoms with Gasteiger partial charge in [0, 0.05) is 30.3 Å². The number of ether oxygens (including phenoxy) is 1. The van der Waals surface area contributed by atoms with Crippen LogP contribution in [0.5, 0.6) is 5.75 Å². The zero-order chi connectivity index (χ0) is 22.3. The second-order valence-electron chi connectivity index (χ2n) is 9.15. The highest BCUT2D eigenvalue weighted by Crippen LogP contribution is 2.50. The second-order valence-corrected chi connectivity index (χ2v) is 9.53. The van der Waals surface area contributed by atoms with Gasteiger partial charge in [0.25, 0.3) is 0 Å². The SMILES string of the molecule is O=c1[nH]c2cccc(-c3c(Cl)c4c5c(ncnc5c3F)N3C[C@H]5CCCC3(CN5)CO4)c2[nH]1. The largest absolute Gasteiger partial charge is 0.489 e. The van der Waals surface area contributed by atoms with Crippen LogP contribution in [-0.4, -0.2) is 51.2 Å². The molecule has 6 heterocycles. The van der Waals surface area contributed by atoms with E-state index in [9.17, 15) is 4.79 Å². The van der Waals surface area contributed by atoms with E-state index in [-0.39, 0.29) is 27.3 Å². The molecular weight excluding hydrogens is 447 g/mol. The lowest BCUT2D eigenvalue weighted by Crippen LogP contribution is -2.65. The van der Waals surface area contributed by atoms with Crippen molar-refractivity contribution >= 4 is 39.4 Å². The molecule has 0 amide bonds. The molecule has 1 unspecified atom stereocenters. The minimum Gasteiger partial charge on any atom is -0.489 e. The zero-order valence-electron chi connectivity index (χ0n) is 17.5. The number of para-hydroxylation sites is 1. The quantitative estimate of drug-likeness (QED) is 0.398. The topological polar surface area (TPSA) is 98.9 Å². The van der Waals surface area contributed by atoms with Gasteiger partial charge in [-0.3, -0.25) is 0 Å². The van der Waals surface area contributed by atoms with Gasteiger partial charge in [-0.2, -0.15) is 0 Å². The number of piperazine rings is 1. The number of hydrogen-bond donors (Lipinski definition) is 3. The van der Waals surface area contributed by atoms with Crippen molar-refractivity contribution in [3.63, 3.8) is 0 Å². The number of halogens is 2. The number of nitrogens with one attached hydrogen (secondary N) is 3. The summed E-state index contributed by atoms with van der Waals surface area (Å²) in [4.78, 5) is 28.6. The molecule has 4 aromatic rings. The molecule has 1 spiro atoms. The number of aromatic nitrogens is 4. The number of rotatable bonds is 1. The minimum absolute atomic E-state index is 0.154. The van der Waals surface area contributed by atoms with Crippen LogP contribution in [0.25, 0.3) is 33.1 Å². The van der Waals surface area contributed by atoms with Crippen molar-refractivity contribution in [2.75, 3.05) is 24.6 Å². The molecule has 8 rings (SSSR count). The number of anilines is 1. The van der Waals surface area contributed by atoms with Crippen LogP contribution in [0.3, 0.4) is 0 Å². The van der Waals surface area contributed by atoms with Gasteiger partial charge in [-0.1, -0.05) is 23.7 Å². The lowest BCUT2D eigenvalue weighted by molar-refractivity contribution is 0.187. The van der Waals surface area contributed by atoms with Gasteiger partial charge in [0.1, 0.15) is 24.3 Å². The summed E-state index contributed by atoms with van der Waals surface area (Å²) < 4.78 is 22.5. The van der Waals surface area contributed by atoms with Crippen molar-refractivity contribution in [2.45, 2.75) is 30.8 Å². The molecule has 0 aliphatic carbocycles. The molecule has 3 fully saturated rings. The van der Waals surface area contributed by atoms with Crippen LogP contribution < -0.4 is 20.6 Å². The van der Waals surface area contributed by atoms with Gasteiger partial charge in [0.2, 0.25) is 0 Å². The van der Waals surface area contributed by atoms with E-state index in [4.69, 9.17) is 16.3 Å². The normalized spacial score (nSPS) is 23.9. The molecule has 3 saturated heterocycles. The highest BCUT2D eigenvalue weighted by Gasteiger charge is 2.48. The lowest BCUT2D eigenvalue weighted by atomic mass is 9.92. The van der Waals surface area contributed by atoms with Crippen LogP contribution in [-0.2, 0) is 0 Å². The van der Waals surface area contributed by atoms with E-state index in [2.05, 4.69) is 30.2 Å². The number of benzene rings is 2. The van der Waals surface area contributed by atoms with Crippen molar-refractivity contribution < 1.29 is 9.13 Å². The van der Waals surface area contributed by atoms with Crippen molar-refractivity contribution in [1.82, 2.24) is 25.3 Å². The van der Waals surface area contributed by atoms with Gasteiger partial charge in [-0.15, -0.1) is 0 Å². The van der Waals surface area contributed by atoms with Crippen molar-refractivity contribution in [3.8, 4) is 16.9 Å². The fraction of sp³-hybridized carbons (Fsp3) is 0.348. The number of imidazole rings is 1. The molecule has 0 radical (unpaired) electrons. The van der Waals surface area contributed by atoms with E-state index in [0.29, 0.717) is 46.2 Å². The maximum Gasteiger partial charge on any atom is 0.323 e. The van der Waals surface area contributed by atoms with Gasteiger partial charge in [0.15, 0.2) is 11.6 Å². The number of hydrogen-bond acceptors (Lipinski definition) is 6. The molecule has 10 heteroatoms. The summed E-state index contributed by atoms with van der Waals surface area (Å²) in [6.07, 6.45) is 4.53. The standard InChI is InChI=1S/C23H20ClFN6O2/c24-16-14(12-4-1-5-13-18(12)30-22(32)29-13)17(25)19-15-20(16)33-9-23-6-2-3-11(26-8-23)7-31(23)21(15)28-10-27-19/h1,4-5,10-11,26H,2-3,6-9H2,(H2,29,30,32)/t11-,23?/m1/s1. The summed E-state index contributed by atoms with van der Waals surface area (Å²) >= 11 is 6.89. The third-order valence-electron chi connectivity index (χ3n) is 7.35. The van der Waals surface area contributed by atoms with Crippen LogP contribution >= 0.6 is 11.6 Å². The molecule has 4 aliphatic heterocycles. The molecule has 2 atom stereocenters. The fourth-order valence-corrected chi connectivity index (χ4v) is 6.09. The van der Waals surface area contributed by atoms with E-state index in [1.165, 1.54) is 6.33 Å². The number of nitrogens with zero attached hydrogens (tertiary/aromatic N) is 3. The molecule has 0 saturated carbocycles. The first-order valence-corrected chi connectivity index (χ1v) is 11.4. The third kappa shape index (κ3) is 2.57. The number of aromatic amines is 2. The minimum atomic E-state index is -0.561. The predicted molar refractivity (Wildman–Crippen MR) is 124 cm³/mol. The summed E-state index contributed by atoms with van der Waals surface area (Å²) in [7, 11) is 0. The number of fused-ring (bicyclic) bond motifs is 4. The monoisotopic (exact) mass is 466 g/mol. The Morgan fingerprint density at radius 3 is 3.09 bits per heavy atom. The molecule has 2 aromatic carbocycles. The van der Waals surface area contributed by atoms with Crippen molar-refractivity contribution in [2.24, 2.45) is 0 Å². The highest BCUT2D eigenvalue weighted by molar-refractivity contribution is 6.37. The molecule has 2 bridgehead atoms. The fourth-order valence-electron chi connectivity index (χ4n) is 5.75. The average molecular weight is 467 g/mol. The third-order valence-corrected chi connectivity index (χ3v) is 7.71. The number of H-pyrrole nitrogens is 2. The Morgan fingerprint density at radius 1 is 1.27 bits per heavy atom. The molecule has 3 N–H and O–H groups in total. The molecule has 2 aromatic heterocycles. The van der Waals surface area contributed by atoms with Crippen LogP contribution in [0.2, 0.25) is 5.02 Å². The van der Waals surface area contributed by atoms with Gasteiger partial charge >= 0.3 is 5.69 Å². The van der Waals surface area contributed by atoms with Crippen LogP contribution in [0, 0.1) is 5.82 Å². The summed E-state index contributed by atoms with van der Waals surface area (Å²) in [5.41, 5.74) is 1.18. The Balaban J connectivity index is 1.54. The van der Waals surface area contributed by atoms with Gasteiger partial charge in [-0.25, -0.2) is 19.2 Å². The van der Waals surface area contributed by atoms with E-state index in [1.807, 2.05) is 0 Å². The zero-order valence-corrected chi connectivity index (χ0v) is 18.3. The summed E-state index contributed by atoms with van der Waals surface area (Å²) in [5.74, 6) is 0.496. The Kier molecular flexibility index (Phi) is 3.91. The molecule has 8 nitrogen and oxygen atoms in total. The van der Waals surface area contributed by atoms with Crippen LogP contribution in [0.15, 0.2) is 29.3 Å². The van der Waals surface area contributed by atoms with Crippen molar-refractivity contribution in [1.29, 1.82) is 0 Å². The first-order valence-electron chi connectivity index (χ1n) is 11.1. The van der Waals surface area contributed by atoms with Gasteiger partial charge < -0.3 is 24.9 Å². The maximum atomic E-state index is 16.1. The summed E-state index contributed by atoms with van der Waals surface area (Å²) in [5, 5.41) is 4.29. The summed E-state index contributed by atoms with van der Waals surface area (Å²) in [6.45, 7) is 1.96.